The van der Waals surface area contributed by atoms with Gasteiger partial charge in [0.25, 0.3) is 0 Å². The molecule has 2 amide bonds. The summed E-state index contributed by atoms with van der Waals surface area (Å²) in [5, 5.41) is 8.76. The Labute approximate surface area is 83.8 Å². The molecule has 15 heavy (non-hydrogen) atoms. The summed E-state index contributed by atoms with van der Waals surface area (Å²) in [6.45, 7) is 4.04. The van der Waals surface area contributed by atoms with Gasteiger partial charge in [-0.3, -0.25) is 10.2 Å². The van der Waals surface area contributed by atoms with Crippen molar-refractivity contribution < 1.29 is 27.9 Å². The SMILES string of the molecule is CC(C)(C)N(NC(=O)C(F)(F)F)C(=O)O. The summed E-state index contributed by atoms with van der Waals surface area (Å²) >= 11 is 0. The molecule has 0 heterocycles. The number of carbonyl (C=O) groups is 2. The Bertz CT molecular complexity index is 270. The van der Waals surface area contributed by atoms with Crippen molar-refractivity contribution in [2.24, 2.45) is 0 Å². The molecule has 2 N–H and O–H groups in total. The molecule has 0 radical (unpaired) electrons. The molecule has 0 saturated heterocycles. The minimum atomic E-state index is -5.11. The summed E-state index contributed by atoms with van der Waals surface area (Å²) in [5.74, 6) is -2.32. The molecule has 8 heteroatoms. The average molecular weight is 228 g/mol. The van der Waals surface area contributed by atoms with E-state index >= 15 is 0 Å². The highest BCUT2D eigenvalue weighted by Crippen LogP contribution is 2.17. The molecule has 0 atom stereocenters. The Hall–Kier alpha value is -1.47. The normalized spacial score (nSPS) is 12.1. The van der Waals surface area contributed by atoms with E-state index in [2.05, 4.69) is 0 Å². The van der Waals surface area contributed by atoms with Gasteiger partial charge in [0, 0.05) is 0 Å². The summed E-state index contributed by atoms with van der Waals surface area (Å²) in [7, 11) is 0. The van der Waals surface area contributed by atoms with E-state index in [1.807, 2.05) is 0 Å². The van der Waals surface area contributed by atoms with Crippen LogP contribution < -0.4 is 5.43 Å². The van der Waals surface area contributed by atoms with Gasteiger partial charge < -0.3 is 5.11 Å². The smallest absolute Gasteiger partial charge is 0.464 e. The predicted octanol–water partition coefficient (Wildman–Crippen LogP) is 1.36. The van der Waals surface area contributed by atoms with Crippen molar-refractivity contribution in [2.75, 3.05) is 0 Å². The highest BCUT2D eigenvalue weighted by Gasteiger charge is 2.42. The van der Waals surface area contributed by atoms with E-state index in [1.165, 1.54) is 26.2 Å². The maximum atomic E-state index is 11.8. The van der Waals surface area contributed by atoms with Gasteiger partial charge in [0.05, 0.1) is 5.54 Å². The van der Waals surface area contributed by atoms with Crippen molar-refractivity contribution in [2.45, 2.75) is 32.5 Å². The number of nitrogens with one attached hydrogen (secondary N) is 1. The highest BCUT2D eigenvalue weighted by molar-refractivity contribution is 5.83. The number of amides is 2. The van der Waals surface area contributed by atoms with E-state index in [1.54, 1.807) is 0 Å². The van der Waals surface area contributed by atoms with Crippen LogP contribution in [-0.4, -0.2) is 33.8 Å². The number of hydrazine groups is 1. The van der Waals surface area contributed by atoms with Crippen LogP contribution in [0.3, 0.4) is 0 Å². The van der Waals surface area contributed by atoms with Gasteiger partial charge in [0.1, 0.15) is 0 Å². The van der Waals surface area contributed by atoms with Gasteiger partial charge in [-0.25, -0.2) is 9.80 Å². The van der Waals surface area contributed by atoms with E-state index < -0.39 is 23.7 Å². The fourth-order valence-corrected chi connectivity index (χ4v) is 0.667. The Morgan fingerprint density at radius 3 is 1.80 bits per heavy atom. The fourth-order valence-electron chi connectivity index (χ4n) is 0.667. The third-order valence-electron chi connectivity index (χ3n) is 1.33. The van der Waals surface area contributed by atoms with Crippen LogP contribution in [0.4, 0.5) is 18.0 Å². The first kappa shape index (κ1) is 13.5. The second-order valence-electron chi connectivity index (χ2n) is 3.73. The lowest BCUT2D eigenvalue weighted by Gasteiger charge is -2.32. The van der Waals surface area contributed by atoms with Crippen molar-refractivity contribution in [3.63, 3.8) is 0 Å². The molecule has 0 aromatic carbocycles. The van der Waals surface area contributed by atoms with E-state index in [-0.39, 0.29) is 5.01 Å². The number of halogens is 3. The van der Waals surface area contributed by atoms with Gasteiger partial charge in [-0.2, -0.15) is 13.2 Å². The zero-order valence-corrected chi connectivity index (χ0v) is 8.34. The first-order chi connectivity index (χ1) is 6.46. The van der Waals surface area contributed by atoms with Crippen LogP contribution in [0.5, 0.6) is 0 Å². The molecule has 0 aliphatic rings. The monoisotopic (exact) mass is 228 g/mol. The molecular weight excluding hydrogens is 217 g/mol. The van der Waals surface area contributed by atoms with Crippen LogP contribution in [0, 0.1) is 0 Å². The first-order valence-corrected chi connectivity index (χ1v) is 3.87. The lowest BCUT2D eigenvalue weighted by molar-refractivity contribution is -0.179. The van der Waals surface area contributed by atoms with Crippen molar-refractivity contribution in [1.82, 2.24) is 10.4 Å². The predicted molar refractivity (Wildman–Crippen MR) is 43.8 cm³/mol. The van der Waals surface area contributed by atoms with Crippen LogP contribution in [0.15, 0.2) is 0 Å². The molecule has 5 nitrogen and oxygen atoms in total. The molecule has 0 bridgehead atoms. The molecular formula is C7H11F3N2O3. The van der Waals surface area contributed by atoms with Gasteiger partial charge in [0.15, 0.2) is 0 Å². The number of rotatable bonds is 0. The molecule has 0 saturated carbocycles. The van der Waals surface area contributed by atoms with E-state index in [0.717, 1.165) is 0 Å². The average Bonchev–Trinajstić information content (AvgIpc) is 1.94. The third kappa shape index (κ3) is 4.05. The quantitative estimate of drug-likeness (QED) is 0.615. The lowest BCUT2D eigenvalue weighted by Crippen LogP contribution is -2.58. The highest BCUT2D eigenvalue weighted by atomic mass is 19.4. The van der Waals surface area contributed by atoms with Crippen molar-refractivity contribution in [3.05, 3.63) is 0 Å². The first-order valence-electron chi connectivity index (χ1n) is 3.87. The molecule has 0 spiro atoms. The Morgan fingerprint density at radius 2 is 1.60 bits per heavy atom. The summed E-state index contributed by atoms with van der Waals surface area (Å²) in [5.41, 5.74) is 0.106. The molecule has 0 aliphatic carbocycles. The van der Waals surface area contributed by atoms with Crippen molar-refractivity contribution in [1.29, 1.82) is 0 Å². The van der Waals surface area contributed by atoms with Gasteiger partial charge in [0.2, 0.25) is 0 Å². The van der Waals surface area contributed by atoms with Crippen molar-refractivity contribution >= 4 is 12.0 Å². The number of alkyl halides is 3. The number of carboxylic acid groups (broad SMARTS) is 1. The van der Waals surface area contributed by atoms with Gasteiger partial charge in [-0.05, 0) is 20.8 Å². The standard InChI is InChI=1S/C7H11F3N2O3/c1-6(2,3)12(5(14)15)11-4(13)7(8,9)10/h1-3H3,(H,11,13)(H,14,15). The summed E-state index contributed by atoms with van der Waals surface area (Å²) < 4.78 is 35.5. The fraction of sp³-hybridized carbons (Fsp3) is 0.714. The maximum absolute atomic E-state index is 11.8. The third-order valence-corrected chi connectivity index (χ3v) is 1.33. The molecule has 0 unspecified atom stereocenters. The number of hydrogen-bond donors (Lipinski definition) is 2. The number of carbonyl (C=O) groups excluding carboxylic acids is 1. The summed E-state index contributed by atoms with van der Waals surface area (Å²) in [6.07, 6.45) is -6.78. The van der Waals surface area contributed by atoms with Crippen LogP contribution in [0.25, 0.3) is 0 Å². The molecule has 0 aromatic rings. The lowest BCUT2D eigenvalue weighted by atomic mass is 10.1. The van der Waals surface area contributed by atoms with Gasteiger partial charge in [-0.15, -0.1) is 0 Å². The maximum Gasteiger partial charge on any atom is 0.472 e. The van der Waals surface area contributed by atoms with E-state index in [4.69, 9.17) is 5.11 Å². The van der Waals surface area contributed by atoms with Gasteiger partial charge >= 0.3 is 18.2 Å². The minimum absolute atomic E-state index is 0.197. The van der Waals surface area contributed by atoms with Crippen LogP contribution in [0.1, 0.15) is 20.8 Å². The summed E-state index contributed by atoms with van der Waals surface area (Å²) in [4.78, 5) is 21.0. The topological polar surface area (TPSA) is 69.6 Å². The van der Waals surface area contributed by atoms with Gasteiger partial charge in [-0.1, -0.05) is 0 Å². The summed E-state index contributed by atoms with van der Waals surface area (Å²) in [6, 6.07) is 0. The largest absolute Gasteiger partial charge is 0.472 e. The Balaban J connectivity index is 4.74. The van der Waals surface area contributed by atoms with Crippen molar-refractivity contribution in [3.8, 4) is 0 Å². The second-order valence-corrected chi connectivity index (χ2v) is 3.73. The second kappa shape index (κ2) is 3.95. The molecule has 0 aromatic heterocycles. The molecule has 0 fully saturated rings. The minimum Gasteiger partial charge on any atom is -0.464 e. The van der Waals surface area contributed by atoms with E-state index in [9.17, 15) is 22.8 Å². The zero-order valence-electron chi connectivity index (χ0n) is 8.34. The molecule has 0 rings (SSSR count). The molecule has 88 valence electrons. The zero-order chi connectivity index (χ0) is 12.4. The van der Waals surface area contributed by atoms with Crippen LogP contribution in [0.2, 0.25) is 0 Å². The van der Waals surface area contributed by atoms with Crippen LogP contribution >= 0.6 is 0 Å². The Kier molecular flexibility index (Phi) is 3.56. The number of hydrogen-bond acceptors (Lipinski definition) is 2. The van der Waals surface area contributed by atoms with E-state index in [0.29, 0.717) is 0 Å². The number of nitrogens with zero attached hydrogens (tertiary/aromatic N) is 1. The Morgan fingerprint density at radius 1 is 1.20 bits per heavy atom. The van der Waals surface area contributed by atoms with Crippen LogP contribution in [-0.2, 0) is 4.79 Å². The molecule has 0 aliphatic heterocycles.